The molecular weight excluding hydrogens is 267 g/mol. The van der Waals surface area contributed by atoms with Gasteiger partial charge in [0.05, 0.1) is 0 Å². The van der Waals surface area contributed by atoms with Crippen molar-refractivity contribution in [2.24, 2.45) is 0 Å². The summed E-state index contributed by atoms with van der Waals surface area (Å²) in [6, 6.07) is 8.79. The van der Waals surface area contributed by atoms with E-state index in [9.17, 15) is 13.2 Å². The highest BCUT2D eigenvalue weighted by atomic mass is 19.2. The Morgan fingerprint density at radius 2 is 1.50 bits per heavy atom. The summed E-state index contributed by atoms with van der Waals surface area (Å²) in [5.74, 6) is -3.90. The van der Waals surface area contributed by atoms with Gasteiger partial charge >= 0.3 is 0 Å². The van der Waals surface area contributed by atoms with Crippen molar-refractivity contribution in [3.8, 4) is 11.3 Å². The molecule has 100 valence electrons. The lowest BCUT2D eigenvalue weighted by Gasteiger charge is -2.08. The van der Waals surface area contributed by atoms with E-state index in [1.807, 2.05) is 0 Å². The zero-order valence-electron chi connectivity index (χ0n) is 10.1. The van der Waals surface area contributed by atoms with Gasteiger partial charge in [0.2, 0.25) is 0 Å². The highest BCUT2D eigenvalue weighted by Gasteiger charge is 2.18. The SMILES string of the molecule is Nc1nnc(-c2ccc(F)c(F)c2F)c2ccccc12. The summed E-state index contributed by atoms with van der Waals surface area (Å²) in [5.41, 5.74) is 5.65. The van der Waals surface area contributed by atoms with Crippen molar-refractivity contribution in [2.45, 2.75) is 0 Å². The molecule has 0 aliphatic rings. The van der Waals surface area contributed by atoms with Crippen LogP contribution in [0.2, 0.25) is 0 Å². The van der Waals surface area contributed by atoms with E-state index in [2.05, 4.69) is 10.2 Å². The Hall–Kier alpha value is -2.63. The van der Waals surface area contributed by atoms with Crippen LogP contribution in [0.4, 0.5) is 19.0 Å². The Kier molecular flexibility index (Phi) is 2.78. The van der Waals surface area contributed by atoms with Crippen LogP contribution in [0.5, 0.6) is 0 Å². The van der Waals surface area contributed by atoms with E-state index in [-0.39, 0.29) is 17.1 Å². The van der Waals surface area contributed by atoms with Gasteiger partial charge in [-0.25, -0.2) is 13.2 Å². The van der Waals surface area contributed by atoms with Gasteiger partial charge in [-0.1, -0.05) is 24.3 Å². The van der Waals surface area contributed by atoms with Gasteiger partial charge in [-0.15, -0.1) is 10.2 Å². The fourth-order valence-electron chi connectivity index (χ4n) is 2.03. The maximum absolute atomic E-state index is 13.9. The molecule has 1 heterocycles. The molecule has 2 N–H and O–H groups in total. The molecule has 0 fully saturated rings. The number of aromatic nitrogens is 2. The molecule has 0 aliphatic carbocycles. The second kappa shape index (κ2) is 4.48. The van der Waals surface area contributed by atoms with Crippen LogP contribution in [0.25, 0.3) is 22.0 Å². The van der Waals surface area contributed by atoms with Crippen LogP contribution < -0.4 is 5.73 Å². The normalized spacial score (nSPS) is 10.9. The lowest BCUT2D eigenvalue weighted by Crippen LogP contribution is -2.00. The number of benzene rings is 2. The zero-order chi connectivity index (χ0) is 14.3. The number of rotatable bonds is 1. The molecule has 3 rings (SSSR count). The van der Waals surface area contributed by atoms with Gasteiger partial charge in [0.1, 0.15) is 5.69 Å². The van der Waals surface area contributed by atoms with Gasteiger partial charge in [-0.2, -0.15) is 0 Å². The minimum atomic E-state index is -1.54. The smallest absolute Gasteiger partial charge is 0.195 e. The number of nitrogens with zero attached hydrogens (tertiary/aromatic N) is 2. The predicted octanol–water partition coefficient (Wildman–Crippen LogP) is 3.30. The summed E-state index contributed by atoms with van der Waals surface area (Å²) in [5, 5.41) is 8.62. The standard InChI is InChI=1S/C14H8F3N3/c15-10-6-5-9(11(16)12(10)17)13-7-3-1-2-4-8(7)14(18)20-19-13/h1-6H,(H2,18,20). The van der Waals surface area contributed by atoms with Crippen molar-refractivity contribution in [3.63, 3.8) is 0 Å². The highest BCUT2D eigenvalue weighted by Crippen LogP contribution is 2.31. The summed E-state index contributed by atoms with van der Waals surface area (Å²) in [6.45, 7) is 0. The first-order valence-corrected chi connectivity index (χ1v) is 5.74. The summed E-state index contributed by atoms with van der Waals surface area (Å²) >= 11 is 0. The van der Waals surface area contributed by atoms with Crippen molar-refractivity contribution >= 4 is 16.6 Å². The van der Waals surface area contributed by atoms with Crippen molar-refractivity contribution < 1.29 is 13.2 Å². The molecule has 0 radical (unpaired) electrons. The van der Waals surface area contributed by atoms with E-state index < -0.39 is 17.5 Å². The minimum Gasteiger partial charge on any atom is -0.382 e. The molecule has 3 nitrogen and oxygen atoms in total. The first kappa shape index (κ1) is 12.4. The molecular formula is C14H8F3N3. The van der Waals surface area contributed by atoms with Gasteiger partial charge in [0.15, 0.2) is 23.3 Å². The maximum atomic E-state index is 13.9. The van der Waals surface area contributed by atoms with Crippen LogP contribution >= 0.6 is 0 Å². The van der Waals surface area contributed by atoms with E-state index in [1.165, 1.54) is 0 Å². The quantitative estimate of drug-likeness (QED) is 0.693. The fourth-order valence-corrected chi connectivity index (χ4v) is 2.03. The van der Waals surface area contributed by atoms with Crippen LogP contribution in [0.3, 0.4) is 0 Å². The maximum Gasteiger partial charge on any atom is 0.195 e. The summed E-state index contributed by atoms with van der Waals surface area (Å²) in [4.78, 5) is 0. The Balaban J connectivity index is 2.36. The number of anilines is 1. The molecule has 6 heteroatoms. The van der Waals surface area contributed by atoms with E-state index in [1.54, 1.807) is 24.3 Å². The average molecular weight is 275 g/mol. The van der Waals surface area contributed by atoms with Gasteiger partial charge < -0.3 is 5.73 Å². The fraction of sp³-hybridized carbons (Fsp3) is 0. The third kappa shape index (κ3) is 1.77. The number of hydrogen-bond donors (Lipinski definition) is 1. The summed E-state index contributed by atoms with van der Waals surface area (Å²) < 4.78 is 40.2. The van der Waals surface area contributed by atoms with E-state index in [4.69, 9.17) is 5.73 Å². The molecule has 0 saturated carbocycles. The predicted molar refractivity (Wildman–Crippen MR) is 69.3 cm³/mol. The van der Waals surface area contributed by atoms with Crippen molar-refractivity contribution in [1.82, 2.24) is 10.2 Å². The first-order chi connectivity index (χ1) is 9.59. The number of nitrogen functional groups attached to an aromatic ring is 1. The van der Waals surface area contributed by atoms with E-state index in [0.29, 0.717) is 10.8 Å². The van der Waals surface area contributed by atoms with Gasteiger partial charge in [-0.3, -0.25) is 0 Å². The number of halogens is 3. The molecule has 3 aromatic rings. The molecule has 0 atom stereocenters. The van der Waals surface area contributed by atoms with Gasteiger partial charge in [0.25, 0.3) is 0 Å². The molecule has 0 bridgehead atoms. The molecule has 1 aromatic heterocycles. The monoisotopic (exact) mass is 275 g/mol. The lowest BCUT2D eigenvalue weighted by atomic mass is 10.0. The van der Waals surface area contributed by atoms with E-state index >= 15 is 0 Å². The highest BCUT2D eigenvalue weighted by molar-refractivity contribution is 5.99. The third-order valence-electron chi connectivity index (χ3n) is 3.01. The van der Waals surface area contributed by atoms with Crippen LogP contribution in [0.1, 0.15) is 0 Å². The summed E-state index contributed by atoms with van der Waals surface area (Å²) in [6.07, 6.45) is 0. The van der Waals surface area contributed by atoms with Crippen molar-refractivity contribution in [1.29, 1.82) is 0 Å². The molecule has 0 spiro atoms. The Bertz CT molecular complexity index is 818. The van der Waals surface area contributed by atoms with Crippen LogP contribution in [-0.2, 0) is 0 Å². The van der Waals surface area contributed by atoms with Gasteiger partial charge in [0, 0.05) is 16.3 Å². The molecule has 0 saturated heterocycles. The Labute approximate surface area is 111 Å². The van der Waals surface area contributed by atoms with Crippen LogP contribution in [-0.4, -0.2) is 10.2 Å². The molecule has 2 aromatic carbocycles. The number of hydrogen-bond acceptors (Lipinski definition) is 3. The second-order valence-corrected chi connectivity index (χ2v) is 4.20. The van der Waals surface area contributed by atoms with Crippen molar-refractivity contribution in [3.05, 3.63) is 53.8 Å². The van der Waals surface area contributed by atoms with Crippen LogP contribution in [0, 0.1) is 17.5 Å². The lowest BCUT2D eigenvalue weighted by molar-refractivity contribution is 0.449. The first-order valence-electron chi connectivity index (χ1n) is 5.74. The number of fused-ring (bicyclic) bond motifs is 1. The second-order valence-electron chi connectivity index (χ2n) is 4.20. The van der Waals surface area contributed by atoms with Gasteiger partial charge in [-0.05, 0) is 12.1 Å². The minimum absolute atomic E-state index is 0.117. The Morgan fingerprint density at radius 1 is 0.800 bits per heavy atom. The zero-order valence-corrected chi connectivity index (χ0v) is 10.1. The largest absolute Gasteiger partial charge is 0.382 e. The number of nitrogens with two attached hydrogens (primary N) is 1. The average Bonchev–Trinajstić information content (AvgIpc) is 2.47. The topological polar surface area (TPSA) is 51.8 Å². The molecule has 0 unspecified atom stereocenters. The van der Waals surface area contributed by atoms with Crippen LogP contribution in [0.15, 0.2) is 36.4 Å². The van der Waals surface area contributed by atoms with Crippen molar-refractivity contribution in [2.75, 3.05) is 5.73 Å². The summed E-state index contributed by atoms with van der Waals surface area (Å²) in [7, 11) is 0. The third-order valence-corrected chi connectivity index (χ3v) is 3.01. The molecule has 20 heavy (non-hydrogen) atoms. The molecule has 0 amide bonds. The Morgan fingerprint density at radius 3 is 2.25 bits per heavy atom. The molecule has 0 aliphatic heterocycles. The van der Waals surface area contributed by atoms with E-state index in [0.717, 1.165) is 12.1 Å².